The first-order valence-corrected chi connectivity index (χ1v) is 10.9. The van der Waals surface area contributed by atoms with Crippen LogP contribution in [0.4, 0.5) is 0 Å². The molecule has 3 heteroatoms. The molecule has 1 unspecified atom stereocenters. The van der Waals surface area contributed by atoms with Crippen molar-refractivity contribution in [3.8, 4) is 0 Å². The number of hydrogen-bond donors (Lipinski definition) is 1. The van der Waals surface area contributed by atoms with Crippen LogP contribution in [-0.2, 0) is 6.54 Å². The van der Waals surface area contributed by atoms with Crippen molar-refractivity contribution in [1.82, 2.24) is 4.90 Å². The highest BCUT2D eigenvalue weighted by molar-refractivity contribution is 5.94. The van der Waals surface area contributed by atoms with E-state index >= 15 is 0 Å². The van der Waals surface area contributed by atoms with E-state index in [0.717, 1.165) is 31.5 Å². The van der Waals surface area contributed by atoms with Gasteiger partial charge in [0.1, 0.15) is 0 Å². The summed E-state index contributed by atoms with van der Waals surface area (Å²) in [7, 11) is 0. The van der Waals surface area contributed by atoms with Crippen molar-refractivity contribution >= 4 is 5.91 Å². The number of hydrogen-bond acceptors (Lipinski definition) is 2. The minimum Gasteiger partial charge on any atom is -0.339 e. The average molecular weight is 399 g/mol. The first kappa shape index (κ1) is 20.4. The number of likely N-dealkylation sites (tertiary alicyclic amines) is 1. The molecule has 3 nitrogen and oxygen atoms in total. The fourth-order valence-corrected chi connectivity index (χ4v) is 4.45. The van der Waals surface area contributed by atoms with Crippen LogP contribution in [0.25, 0.3) is 0 Å². The van der Waals surface area contributed by atoms with Gasteiger partial charge < -0.3 is 10.6 Å². The predicted molar refractivity (Wildman–Crippen MR) is 123 cm³/mol. The van der Waals surface area contributed by atoms with Crippen molar-refractivity contribution < 1.29 is 4.79 Å². The van der Waals surface area contributed by atoms with Gasteiger partial charge in [0.2, 0.25) is 0 Å². The largest absolute Gasteiger partial charge is 0.339 e. The molecule has 1 heterocycles. The second-order valence-electron chi connectivity index (χ2n) is 8.27. The van der Waals surface area contributed by atoms with Gasteiger partial charge in [0.25, 0.3) is 5.91 Å². The van der Waals surface area contributed by atoms with Crippen LogP contribution in [0, 0.1) is 0 Å². The Balaban J connectivity index is 1.43. The molecule has 3 aromatic carbocycles. The van der Waals surface area contributed by atoms with Crippen LogP contribution in [0.2, 0.25) is 0 Å². The third-order valence-corrected chi connectivity index (χ3v) is 6.37. The van der Waals surface area contributed by atoms with Gasteiger partial charge in [-0.05, 0) is 53.1 Å². The molecule has 0 spiro atoms. The van der Waals surface area contributed by atoms with E-state index < -0.39 is 0 Å². The summed E-state index contributed by atoms with van der Waals surface area (Å²) in [6.45, 7) is 4.37. The SMILES string of the molecule is CC(c1ccccc1)c1cccc(C(=O)N2CCC(c3cccc(CN)c3)CC2)c1. The Morgan fingerprint density at radius 3 is 2.37 bits per heavy atom. The quantitative estimate of drug-likeness (QED) is 0.632. The zero-order valence-corrected chi connectivity index (χ0v) is 17.6. The number of nitrogens with two attached hydrogens (primary N) is 1. The summed E-state index contributed by atoms with van der Waals surface area (Å²) >= 11 is 0. The van der Waals surface area contributed by atoms with Gasteiger partial charge >= 0.3 is 0 Å². The van der Waals surface area contributed by atoms with Crippen LogP contribution in [-0.4, -0.2) is 23.9 Å². The number of nitrogens with zero attached hydrogens (tertiary/aromatic N) is 1. The Morgan fingerprint density at radius 1 is 0.933 bits per heavy atom. The summed E-state index contributed by atoms with van der Waals surface area (Å²) in [6.07, 6.45) is 2.00. The molecule has 3 aromatic rings. The van der Waals surface area contributed by atoms with E-state index in [-0.39, 0.29) is 11.8 Å². The number of benzene rings is 3. The van der Waals surface area contributed by atoms with Gasteiger partial charge in [-0.25, -0.2) is 0 Å². The van der Waals surface area contributed by atoms with Crippen LogP contribution in [0.15, 0.2) is 78.9 Å². The Hall–Kier alpha value is -2.91. The van der Waals surface area contributed by atoms with Crippen molar-refractivity contribution in [2.24, 2.45) is 5.73 Å². The molecular formula is C27H30N2O. The summed E-state index contributed by atoms with van der Waals surface area (Å²) < 4.78 is 0. The third kappa shape index (κ3) is 4.47. The third-order valence-electron chi connectivity index (χ3n) is 6.37. The zero-order valence-electron chi connectivity index (χ0n) is 17.6. The lowest BCUT2D eigenvalue weighted by Gasteiger charge is -2.32. The van der Waals surface area contributed by atoms with Gasteiger partial charge in [-0.2, -0.15) is 0 Å². The monoisotopic (exact) mass is 398 g/mol. The van der Waals surface area contributed by atoms with Gasteiger partial charge in [0.15, 0.2) is 0 Å². The maximum absolute atomic E-state index is 13.2. The second kappa shape index (κ2) is 9.27. The molecule has 1 aliphatic heterocycles. The molecule has 1 fully saturated rings. The van der Waals surface area contributed by atoms with Gasteiger partial charge in [-0.15, -0.1) is 0 Å². The topological polar surface area (TPSA) is 46.3 Å². The minimum atomic E-state index is 0.145. The highest BCUT2D eigenvalue weighted by Crippen LogP contribution is 2.30. The molecule has 30 heavy (non-hydrogen) atoms. The molecule has 154 valence electrons. The highest BCUT2D eigenvalue weighted by Gasteiger charge is 2.25. The number of carbonyl (C=O) groups is 1. The summed E-state index contributed by atoms with van der Waals surface area (Å²) in [4.78, 5) is 15.2. The van der Waals surface area contributed by atoms with Crippen molar-refractivity contribution in [2.75, 3.05) is 13.1 Å². The second-order valence-corrected chi connectivity index (χ2v) is 8.27. The minimum absolute atomic E-state index is 0.145. The maximum atomic E-state index is 13.2. The number of carbonyl (C=O) groups excluding carboxylic acids is 1. The van der Waals surface area contributed by atoms with Crippen molar-refractivity contribution in [1.29, 1.82) is 0 Å². The lowest BCUT2D eigenvalue weighted by molar-refractivity contribution is 0.0713. The predicted octanol–water partition coefficient (Wildman–Crippen LogP) is 5.32. The van der Waals surface area contributed by atoms with Crippen LogP contribution in [0.3, 0.4) is 0 Å². The van der Waals surface area contributed by atoms with Gasteiger partial charge in [-0.3, -0.25) is 4.79 Å². The molecule has 0 bridgehead atoms. The Kier molecular flexibility index (Phi) is 6.29. The van der Waals surface area contributed by atoms with E-state index in [0.29, 0.717) is 12.5 Å². The van der Waals surface area contributed by atoms with E-state index in [4.69, 9.17) is 5.73 Å². The van der Waals surface area contributed by atoms with Crippen molar-refractivity contribution in [3.63, 3.8) is 0 Å². The lowest BCUT2D eigenvalue weighted by Crippen LogP contribution is -2.38. The Bertz CT molecular complexity index is 991. The molecule has 1 atom stereocenters. The molecule has 1 aliphatic rings. The molecule has 2 N–H and O–H groups in total. The summed E-state index contributed by atoms with van der Waals surface area (Å²) in [5.41, 5.74) is 11.6. The smallest absolute Gasteiger partial charge is 0.253 e. The van der Waals surface area contributed by atoms with Gasteiger partial charge in [0.05, 0.1) is 0 Å². The number of rotatable bonds is 5. The lowest BCUT2D eigenvalue weighted by atomic mass is 9.88. The Labute approximate surface area is 179 Å². The molecule has 4 rings (SSSR count). The van der Waals surface area contributed by atoms with Crippen LogP contribution in [0.5, 0.6) is 0 Å². The molecular weight excluding hydrogens is 368 g/mol. The normalized spacial score (nSPS) is 15.7. The summed E-state index contributed by atoms with van der Waals surface area (Å²) in [5.74, 6) is 0.913. The van der Waals surface area contributed by atoms with Gasteiger partial charge in [-0.1, -0.05) is 73.7 Å². The summed E-state index contributed by atoms with van der Waals surface area (Å²) in [6, 6.07) is 27.2. The first-order valence-electron chi connectivity index (χ1n) is 10.9. The van der Waals surface area contributed by atoms with Crippen molar-refractivity contribution in [3.05, 3.63) is 107 Å². The Morgan fingerprint density at radius 2 is 1.63 bits per heavy atom. The number of amides is 1. The number of piperidine rings is 1. The van der Waals surface area contributed by atoms with E-state index in [1.807, 2.05) is 23.1 Å². The summed E-state index contributed by atoms with van der Waals surface area (Å²) in [5, 5.41) is 0. The fraction of sp³-hybridized carbons (Fsp3) is 0.296. The maximum Gasteiger partial charge on any atom is 0.253 e. The fourth-order valence-electron chi connectivity index (χ4n) is 4.45. The van der Waals surface area contributed by atoms with Crippen molar-refractivity contribution in [2.45, 2.75) is 38.1 Å². The molecule has 1 amide bonds. The van der Waals surface area contributed by atoms with Crippen LogP contribution in [0.1, 0.15) is 64.2 Å². The zero-order chi connectivity index (χ0) is 20.9. The van der Waals surface area contributed by atoms with Crippen LogP contribution < -0.4 is 5.73 Å². The molecule has 0 saturated carbocycles. The highest BCUT2D eigenvalue weighted by atomic mass is 16.2. The molecule has 0 aliphatic carbocycles. The van der Waals surface area contributed by atoms with E-state index in [9.17, 15) is 4.79 Å². The van der Waals surface area contributed by atoms with Crippen LogP contribution >= 0.6 is 0 Å². The molecule has 1 saturated heterocycles. The standard InChI is InChI=1S/C27H30N2O/c1-20(22-8-3-2-4-9-22)24-10-6-12-26(18-24)27(30)29-15-13-23(14-16-29)25-11-5-7-21(17-25)19-28/h2-12,17-18,20,23H,13-16,19,28H2,1H3. The molecule has 0 aromatic heterocycles. The van der Waals surface area contributed by atoms with E-state index in [1.165, 1.54) is 22.3 Å². The first-order chi connectivity index (χ1) is 14.7. The van der Waals surface area contributed by atoms with E-state index in [2.05, 4.69) is 67.6 Å². The average Bonchev–Trinajstić information content (AvgIpc) is 2.84. The van der Waals surface area contributed by atoms with Gasteiger partial charge in [0, 0.05) is 31.1 Å². The molecule has 0 radical (unpaired) electrons. The van der Waals surface area contributed by atoms with E-state index in [1.54, 1.807) is 0 Å².